The third kappa shape index (κ3) is 4.71. The number of ether oxygens (including phenoxy) is 1. The Morgan fingerprint density at radius 1 is 1.29 bits per heavy atom. The summed E-state index contributed by atoms with van der Waals surface area (Å²) in [5, 5.41) is 4.92. The quantitative estimate of drug-likeness (QED) is 0.780. The van der Waals surface area contributed by atoms with E-state index in [1.807, 2.05) is 16.8 Å². The van der Waals surface area contributed by atoms with Gasteiger partial charge in [-0.3, -0.25) is 4.79 Å². The number of methoxy groups -OCH3 is 1. The van der Waals surface area contributed by atoms with Crippen LogP contribution in [-0.4, -0.2) is 31.1 Å². The van der Waals surface area contributed by atoms with Crippen molar-refractivity contribution in [2.45, 2.75) is 6.54 Å². The first kappa shape index (κ1) is 16.3. The van der Waals surface area contributed by atoms with Gasteiger partial charge >= 0.3 is 0 Å². The summed E-state index contributed by atoms with van der Waals surface area (Å²) in [5.74, 6) is -0.109. The van der Waals surface area contributed by atoms with E-state index < -0.39 is 0 Å². The maximum Gasteiger partial charge on any atom is 0.254 e. The Balaban J connectivity index is 2.20. The molecule has 0 N–H and O–H groups in total. The summed E-state index contributed by atoms with van der Waals surface area (Å²) >= 11 is 13.5. The van der Waals surface area contributed by atoms with E-state index >= 15 is 0 Å². The molecule has 1 aromatic carbocycles. The molecule has 21 heavy (non-hydrogen) atoms. The summed E-state index contributed by atoms with van der Waals surface area (Å²) in [6.45, 7) is 1.52. The Bertz CT molecular complexity index is 581. The molecule has 1 amide bonds. The highest BCUT2D eigenvalue weighted by Crippen LogP contribution is 2.21. The van der Waals surface area contributed by atoms with Crippen molar-refractivity contribution in [2.75, 3.05) is 20.3 Å². The van der Waals surface area contributed by atoms with E-state index in [1.165, 1.54) is 0 Å². The standard InChI is InChI=1S/C15H15Cl2NO2S/c1-20-4-3-18(9-11-2-5-21-10-11)15(19)12-6-13(16)8-14(17)7-12/h2,5-8,10H,3-4,9H2,1H3. The Kier molecular flexibility index (Phi) is 6.06. The lowest BCUT2D eigenvalue weighted by Crippen LogP contribution is -2.33. The van der Waals surface area contributed by atoms with Crippen molar-refractivity contribution in [2.24, 2.45) is 0 Å². The van der Waals surface area contributed by atoms with E-state index in [9.17, 15) is 4.79 Å². The Morgan fingerprint density at radius 3 is 2.57 bits per heavy atom. The number of nitrogens with zero attached hydrogens (tertiary/aromatic N) is 1. The minimum atomic E-state index is -0.109. The maximum absolute atomic E-state index is 12.6. The Morgan fingerprint density at radius 2 is 2.00 bits per heavy atom. The van der Waals surface area contributed by atoms with Crippen molar-refractivity contribution in [3.63, 3.8) is 0 Å². The molecule has 6 heteroatoms. The zero-order chi connectivity index (χ0) is 15.2. The smallest absolute Gasteiger partial charge is 0.254 e. The molecule has 1 aromatic heterocycles. The zero-order valence-electron chi connectivity index (χ0n) is 11.5. The molecule has 0 bridgehead atoms. The van der Waals surface area contributed by atoms with Gasteiger partial charge in [-0.25, -0.2) is 0 Å². The van der Waals surface area contributed by atoms with Gasteiger partial charge in [0.25, 0.3) is 5.91 Å². The largest absolute Gasteiger partial charge is 0.383 e. The van der Waals surface area contributed by atoms with E-state index in [-0.39, 0.29) is 5.91 Å². The average molecular weight is 344 g/mol. The molecule has 0 unspecified atom stereocenters. The van der Waals surface area contributed by atoms with E-state index in [4.69, 9.17) is 27.9 Å². The summed E-state index contributed by atoms with van der Waals surface area (Å²) in [7, 11) is 1.61. The molecule has 0 spiro atoms. The summed E-state index contributed by atoms with van der Waals surface area (Å²) in [5.41, 5.74) is 1.58. The number of halogens is 2. The molecule has 0 saturated heterocycles. The maximum atomic E-state index is 12.6. The third-order valence-electron chi connectivity index (χ3n) is 2.92. The van der Waals surface area contributed by atoms with Gasteiger partial charge in [-0.15, -0.1) is 0 Å². The van der Waals surface area contributed by atoms with Gasteiger partial charge < -0.3 is 9.64 Å². The van der Waals surface area contributed by atoms with Crippen LogP contribution in [0, 0.1) is 0 Å². The first-order chi connectivity index (χ1) is 10.1. The molecule has 2 rings (SSSR count). The summed E-state index contributed by atoms with van der Waals surface area (Å²) in [4.78, 5) is 14.4. The van der Waals surface area contributed by atoms with Crippen LogP contribution >= 0.6 is 34.5 Å². The predicted molar refractivity (Wildman–Crippen MR) is 87.4 cm³/mol. The van der Waals surface area contributed by atoms with Crippen LogP contribution in [0.4, 0.5) is 0 Å². The molecule has 0 saturated carbocycles. The molecule has 0 aliphatic carbocycles. The lowest BCUT2D eigenvalue weighted by molar-refractivity contribution is 0.0680. The lowest BCUT2D eigenvalue weighted by Gasteiger charge is -2.22. The molecule has 112 valence electrons. The van der Waals surface area contributed by atoms with Crippen LogP contribution < -0.4 is 0 Å². The van der Waals surface area contributed by atoms with E-state index in [0.717, 1.165) is 5.56 Å². The van der Waals surface area contributed by atoms with Crippen LogP contribution in [0.15, 0.2) is 35.0 Å². The van der Waals surface area contributed by atoms with E-state index in [2.05, 4.69) is 0 Å². The van der Waals surface area contributed by atoms with Crippen LogP contribution in [0.3, 0.4) is 0 Å². The fourth-order valence-electron chi connectivity index (χ4n) is 1.92. The highest BCUT2D eigenvalue weighted by atomic mass is 35.5. The Hall–Kier alpha value is -1.07. The van der Waals surface area contributed by atoms with Gasteiger partial charge in [0.1, 0.15) is 0 Å². The van der Waals surface area contributed by atoms with Crippen LogP contribution in [0.2, 0.25) is 10.0 Å². The number of amides is 1. The minimum absolute atomic E-state index is 0.109. The average Bonchev–Trinajstić information content (AvgIpc) is 2.94. The number of hydrogen-bond acceptors (Lipinski definition) is 3. The van der Waals surface area contributed by atoms with Crippen molar-refractivity contribution in [1.82, 2.24) is 4.90 Å². The topological polar surface area (TPSA) is 29.5 Å². The fraction of sp³-hybridized carbons (Fsp3) is 0.267. The molecular weight excluding hydrogens is 329 g/mol. The van der Waals surface area contributed by atoms with Crippen molar-refractivity contribution in [3.05, 3.63) is 56.2 Å². The SMILES string of the molecule is COCCN(Cc1ccsc1)C(=O)c1cc(Cl)cc(Cl)c1. The normalized spacial score (nSPS) is 10.6. The number of carbonyl (C=O) groups is 1. The number of thiophene rings is 1. The molecule has 0 radical (unpaired) electrons. The van der Waals surface area contributed by atoms with Gasteiger partial charge in [0.2, 0.25) is 0 Å². The van der Waals surface area contributed by atoms with Crippen molar-refractivity contribution < 1.29 is 9.53 Å². The molecule has 0 aliphatic rings. The second-order valence-electron chi connectivity index (χ2n) is 4.51. The summed E-state index contributed by atoms with van der Waals surface area (Å²) < 4.78 is 5.08. The second-order valence-corrected chi connectivity index (χ2v) is 6.16. The monoisotopic (exact) mass is 343 g/mol. The van der Waals surface area contributed by atoms with Crippen LogP contribution in [0.25, 0.3) is 0 Å². The Labute approximate surface area is 138 Å². The van der Waals surface area contributed by atoms with Gasteiger partial charge in [0, 0.05) is 35.8 Å². The molecule has 0 fully saturated rings. The van der Waals surface area contributed by atoms with Gasteiger partial charge in [-0.1, -0.05) is 23.2 Å². The number of hydrogen-bond donors (Lipinski definition) is 0. The predicted octanol–water partition coefficient (Wildman–Crippen LogP) is 4.34. The van der Waals surface area contributed by atoms with Gasteiger partial charge in [0.15, 0.2) is 0 Å². The van der Waals surface area contributed by atoms with Crippen molar-refractivity contribution >= 4 is 40.4 Å². The first-order valence-electron chi connectivity index (χ1n) is 6.35. The van der Waals surface area contributed by atoms with Crippen LogP contribution in [0.1, 0.15) is 15.9 Å². The van der Waals surface area contributed by atoms with Crippen molar-refractivity contribution in [3.8, 4) is 0 Å². The molecule has 2 aromatic rings. The van der Waals surface area contributed by atoms with Crippen LogP contribution in [0.5, 0.6) is 0 Å². The number of benzene rings is 1. The molecule has 0 atom stereocenters. The lowest BCUT2D eigenvalue weighted by atomic mass is 10.2. The van der Waals surface area contributed by atoms with E-state index in [0.29, 0.717) is 35.3 Å². The highest BCUT2D eigenvalue weighted by Gasteiger charge is 2.17. The zero-order valence-corrected chi connectivity index (χ0v) is 13.8. The molecular formula is C15H15Cl2NO2S. The minimum Gasteiger partial charge on any atom is -0.383 e. The molecule has 3 nitrogen and oxygen atoms in total. The van der Waals surface area contributed by atoms with Crippen LogP contribution in [-0.2, 0) is 11.3 Å². The summed E-state index contributed by atoms with van der Waals surface area (Å²) in [6.07, 6.45) is 0. The summed E-state index contributed by atoms with van der Waals surface area (Å²) in [6, 6.07) is 6.87. The van der Waals surface area contributed by atoms with Gasteiger partial charge in [0.05, 0.1) is 6.61 Å². The third-order valence-corrected chi connectivity index (χ3v) is 4.08. The first-order valence-corrected chi connectivity index (χ1v) is 8.05. The second kappa shape index (κ2) is 7.80. The number of carbonyl (C=O) groups excluding carboxylic acids is 1. The fourth-order valence-corrected chi connectivity index (χ4v) is 3.10. The highest BCUT2D eigenvalue weighted by molar-refractivity contribution is 7.07. The molecule has 1 heterocycles. The van der Waals surface area contributed by atoms with Crippen molar-refractivity contribution in [1.29, 1.82) is 0 Å². The van der Waals surface area contributed by atoms with E-state index in [1.54, 1.807) is 41.5 Å². The van der Waals surface area contributed by atoms with Gasteiger partial charge in [-0.05, 0) is 40.6 Å². The van der Waals surface area contributed by atoms with Gasteiger partial charge in [-0.2, -0.15) is 11.3 Å². The number of rotatable bonds is 6. The molecule has 0 aliphatic heterocycles.